The zero-order valence-electron chi connectivity index (χ0n) is 7.00. The van der Waals surface area contributed by atoms with E-state index >= 15 is 0 Å². The number of fused-ring (bicyclic) bond motifs is 1. The van der Waals surface area contributed by atoms with Gasteiger partial charge in [-0.15, -0.1) is 23.1 Å². The van der Waals surface area contributed by atoms with Crippen LogP contribution in [0.4, 0.5) is 5.69 Å². The highest BCUT2D eigenvalue weighted by Crippen LogP contribution is 2.38. The Morgan fingerprint density at radius 2 is 2.31 bits per heavy atom. The molecule has 68 valence electrons. The molecule has 0 fully saturated rings. The van der Waals surface area contributed by atoms with E-state index in [2.05, 4.69) is 33.4 Å². The summed E-state index contributed by atoms with van der Waals surface area (Å²) in [6, 6.07) is 4.23. The number of nitrogen functional groups attached to an aromatic ring is 1. The summed E-state index contributed by atoms with van der Waals surface area (Å²) in [5.41, 5.74) is 6.80. The molecule has 0 radical (unpaired) electrons. The first kappa shape index (κ1) is 9.37. The summed E-state index contributed by atoms with van der Waals surface area (Å²) in [5.74, 6) is 0. The van der Waals surface area contributed by atoms with Gasteiger partial charge in [0.2, 0.25) is 0 Å². The predicted molar refractivity (Wildman–Crippen MR) is 65.7 cm³/mol. The van der Waals surface area contributed by atoms with Crippen molar-refractivity contribution in [3.05, 3.63) is 22.0 Å². The number of nitrogens with two attached hydrogens (primary N) is 1. The van der Waals surface area contributed by atoms with E-state index in [1.165, 1.54) is 10.1 Å². The van der Waals surface area contributed by atoms with Gasteiger partial charge in [-0.25, -0.2) is 0 Å². The maximum Gasteiger partial charge on any atom is 0.0603 e. The van der Waals surface area contributed by atoms with Gasteiger partial charge >= 0.3 is 0 Å². The van der Waals surface area contributed by atoms with Gasteiger partial charge in [0.15, 0.2) is 0 Å². The Morgan fingerprint density at radius 1 is 1.54 bits per heavy atom. The van der Waals surface area contributed by atoms with Crippen molar-refractivity contribution in [2.75, 3.05) is 12.0 Å². The molecule has 0 bridgehead atoms. The summed E-state index contributed by atoms with van der Waals surface area (Å²) < 4.78 is 2.31. The van der Waals surface area contributed by atoms with Crippen molar-refractivity contribution in [1.82, 2.24) is 0 Å². The Kier molecular flexibility index (Phi) is 2.53. The monoisotopic (exact) mass is 273 g/mol. The van der Waals surface area contributed by atoms with Gasteiger partial charge in [-0.05, 0) is 39.7 Å². The van der Waals surface area contributed by atoms with Crippen LogP contribution in [0.25, 0.3) is 10.1 Å². The van der Waals surface area contributed by atoms with Crippen LogP contribution in [0.5, 0.6) is 0 Å². The van der Waals surface area contributed by atoms with Gasteiger partial charge in [-0.3, -0.25) is 0 Å². The normalized spacial score (nSPS) is 10.9. The Hall–Kier alpha value is -0.190. The SMILES string of the molecule is CSc1cc2sccc2c(Br)c1N. The lowest BCUT2D eigenvalue weighted by Gasteiger charge is -2.05. The second-order valence-corrected chi connectivity index (χ2v) is 5.23. The average molecular weight is 274 g/mol. The van der Waals surface area contributed by atoms with E-state index in [-0.39, 0.29) is 0 Å². The van der Waals surface area contributed by atoms with E-state index in [0.717, 1.165) is 15.1 Å². The number of thiophene rings is 1. The van der Waals surface area contributed by atoms with Crippen LogP contribution in [0, 0.1) is 0 Å². The fourth-order valence-electron chi connectivity index (χ4n) is 1.23. The highest BCUT2D eigenvalue weighted by molar-refractivity contribution is 9.10. The molecule has 0 atom stereocenters. The second-order valence-electron chi connectivity index (χ2n) is 2.64. The van der Waals surface area contributed by atoms with Crippen LogP contribution in [0.2, 0.25) is 0 Å². The van der Waals surface area contributed by atoms with Gasteiger partial charge in [-0.2, -0.15) is 0 Å². The molecule has 0 unspecified atom stereocenters. The molecule has 0 saturated carbocycles. The molecule has 2 N–H and O–H groups in total. The van der Waals surface area contributed by atoms with Gasteiger partial charge in [0.25, 0.3) is 0 Å². The number of rotatable bonds is 1. The lowest BCUT2D eigenvalue weighted by Crippen LogP contribution is -1.89. The third kappa shape index (κ3) is 1.47. The molecule has 4 heteroatoms. The molecule has 2 aromatic rings. The highest BCUT2D eigenvalue weighted by Gasteiger charge is 2.08. The molecule has 13 heavy (non-hydrogen) atoms. The van der Waals surface area contributed by atoms with E-state index < -0.39 is 0 Å². The zero-order chi connectivity index (χ0) is 9.42. The van der Waals surface area contributed by atoms with Gasteiger partial charge in [-0.1, -0.05) is 0 Å². The number of hydrogen-bond acceptors (Lipinski definition) is 3. The number of benzene rings is 1. The third-order valence-electron chi connectivity index (χ3n) is 1.92. The molecule has 1 aromatic heterocycles. The van der Waals surface area contributed by atoms with Gasteiger partial charge < -0.3 is 5.73 Å². The minimum absolute atomic E-state index is 0.846. The van der Waals surface area contributed by atoms with Gasteiger partial charge in [0, 0.05) is 15.0 Å². The lowest BCUT2D eigenvalue weighted by atomic mass is 10.2. The van der Waals surface area contributed by atoms with Crippen molar-refractivity contribution in [3.63, 3.8) is 0 Å². The molecule has 0 saturated heterocycles. The molecule has 0 spiro atoms. The van der Waals surface area contributed by atoms with Crippen molar-refractivity contribution in [2.45, 2.75) is 4.90 Å². The van der Waals surface area contributed by atoms with E-state index in [1.807, 2.05) is 6.26 Å². The van der Waals surface area contributed by atoms with Crippen molar-refractivity contribution >= 4 is 54.8 Å². The lowest BCUT2D eigenvalue weighted by molar-refractivity contribution is 1.50. The molecule has 1 heterocycles. The molecular formula is C9H8BrNS2. The second kappa shape index (κ2) is 3.52. The quantitative estimate of drug-likeness (QED) is 0.629. The van der Waals surface area contributed by atoms with Crippen LogP contribution in [-0.4, -0.2) is 6.26 Å². The highest BCUT2D eigenvalue weighted by atomic mass is 79.9. The number of halogens is 1. The van der Waals surface area contributed by atoms with Crippen molar-refractivity contribution in [2.24, 2.45) is 0 Å². The first-order chi connectivity index (χ1) is 6.24. The van der Waals surface area contributed by atoms with Crippen LogP contribution in [0.1, 0.15) is 0 Å². The Bertz CT molecular complexity index is 450. The van der Waals surface area contributed by atoms with E-state index in [9.17, 15) is 0 Å². The van der Waals surface area contributed by atoms with Crippen LogP contribution >= 0.6 is 39.0 Å². The van der Waals surface area contributed by atoms with E-state index in [4.69, 9.17) is 5.73 Å². The summed E-state index contributed by atoms with van der Waals surface area (Å²) in [6.45, 7) is 0. The first-order valence-electron chi connectivity index (χ1n) is 3.73. The summed E-state index contributed by atoms with van der Waals surface area (Å²) in [5, 5.41) is 3.29. The molecule has 2 rings (SSSR count). The maximum absolute atomic E-state index is 5.96. The maximum atomic E-state index is 5.96. The smallest absolute Gasteiger partial charge is 0.0603 e. The first-order valence-corrected chi connectivity index (χ1v) is 6.63. The summed E-state index contributed by atoms with van der Waals surface area (Å²) in [6.07, 6.45) is 2.04. The number of thioether (sulfide) groups is 1. The van der Waals surface area contributed by atoms with Crippen molar-refractivity contribution in [3.8, 4) is 0 Å². The van der Waals surface area contributed by atoms with Crippen molar-refractivity contribution in [1.29, 1.82) is 0 Å². The number of anilines is 1. The molecule has 1 nitrogen and oxygen atoms in total. The van der Waals surface area contributed by atoms with E-state index in [1.54, 1.807) is 23.1 Å². The predicted octanol–water partition coefficient (Wildman–Crippen LogP) is 3.97. The van der Waals surface area contributed by atoms with Crippen LogP contribution in [0.3, 0.4) is 0 Å². The number of hydrogen-bond donors (Lipinski definition) is 1. The van der Waals surface area contributed by atoms with Gasteiger partial charge in [0.1, 0.15) is 0 Å². The fourth-order valence-corrected chi connectivity index (χ4v) is 3.52. The molecule has 0 aliphatic carbocycles. The van der Waals surface area contributed by atoms with Crippen LogP contribution in [0.15, 0.2) is 26.9 Å². The minimum atomic E-state index is 0.846. The fraction of sp³-hybridized carbons (Fsp3) is 0.111. The average Bonchev–Trinajstić information content (AvgIpc) is 2.59. The summed E-state index contributed by atoms with van der Waals surface area (Å²) >= 11 is 6.94. The third-order valence-corrected chi connectivity index (χ3v) is 4.41. The molecule has 0 aliphatic rings. The Morgan fingerprint density at radius 3 is 3.00 bits per heavy atom. The summed E-state index contributed by atoms with van der Waals surface area (Å²) in [4.78, 5) is 1.14. The van der Waals surface area contributed by atoms with Crippen LogP contribution < -0.4 is 5.73 Å². The van der Waals surface area contributed by atoms with Gasteiger partial charge in [0.05, 0.1) is 10.2 Å². The molecule has 1 aromatic carbocycles. The van der Waals surface area contributed by atoms with Crippen LogP contribution in [-0.2, 0) is 0 Å². The Labute approximate surface area is 93.4 Å². The molecule has 0 aliphatic heterocycles. The molecule has 0 amide bonds. The zero-order valence-corrected chi connectivity index (χ0v) is 10.2. The van der Waals surface area contributed by atoms with Crippen molar-refractivity contribution < 1.29 is 0 Å². The standard InChI is InChI=1S/C9H8BrNS2/c1-12-7-4-6-5(2-3-13-6)8(10)9(7)11/h2-4H,11H2,1H3. The topological polar surface area (TPSA) is 26.0 Å². The van der Waals surface area contributed by atoms with E-state index in [0.29, 0.717) is 0 Å². The Balaban J connectivity index is 2.83. The summed E-state index contributed by atoms with van der Waals surface area (Å²) in [7, 11) is 0. The molecular weight excluding hydrogens is 266 g/mol. The largest absolute Gasteiger partial charge is 0.397 e. The minimum Gasteiger partial charge on any atom is -0.397 e.